The Morgan fingerprint density at radius 3 is 2.42 bits per heavy atom. The summed E-state index contributed by atoms with van der Waals surface area (Å²) in [6.45, 7) is 4.51. The Balaban J connectivity index is 1.74. The highest BCUT2D eigenvalue weighted by Crippen LogP contribution is 2.40. The topological polar surface area (TPSA) is 104 Å². The van der Waals surface area contributed by atoms with Crippen molar-refractivity contribution in [3.8, 4) is 22.7 Å². The summed E-state index contributed by atoms with van der Waals surface area (Å²) in [5, 5.41) is 23.3. The molecule has 7 nitrogen and oxygen atoms in total. The number of nitrogens with zero attached hydrogens (tertiary/aromatic N) is 4. The number of halogens is 4. The van der Waals surface area contributed by atoms with Gasteiger partial charge in [-0.05, 0) is 42.2 Å². The van der Waals surface area contributed by atoms with Crippen LogP contribution in [0.2, 0.25) is 0 Å². The molecule has 0 amide bonds. The fourth-order valence-electron chi connectivity index (χ4n) is 5.29. The Bertz CT molecular complexity index is 1590. The SMILES string of the molecule is CCc1cccc(CC)c1-n1nc2c(c1-c1ccc(O)c(N)c1C=N)CN(c1ncc(C(F)(F)F)cc1F)CC2. The van der Waals surface area contributed by atoms with Gasteiger partial charge < -0.3 is 21.1 Å². The molecule has 11 heteroatoms. The third-order valence-corrected chi connectivity index (χ3v) is 7.32. The zero-order chi connectivity index (χ0) is 28.8. The van der Waals surface area contributed by atoms with Crippen LogP contribution in [-0.4, -0.2) is 32.6 Å². The van der Waals surface area contributed by atoms with Crippen LogP contribution in [-0.2, 0) is 32.0 Å². The van der Waals surface area contributed by atoms with Gasteiger partial charge in [-0.15, -0.1) is 0 Å². The zero-order valence-corrected chi connectivity index (χ0v) is 22.0. The summed E-state index contributed by atoms with van der Waals surface area (Å²) < 4.78 is 56.1. The molecule has 0 atom stereocenters. The molecule has 0 aliphatic carbocycles. The number of aromatic hydroxyl groups is 1. The van der Waals surface area contributed by atoms with Gasteiger partial charge in [0.05, 0.1) is 28.3 Å². The van der Waals surface area contributed by atoms with Crippen LogP contribution < -0.4 is 10.6 Å². The van der Waals surface area contributed by atoms with Gasteiger partial charge in [0, 0.05) is 48.6 Å². The van der Waals surface area contributed by atoms with Gasteiger partial charge in [0.25, 0.3) is 0 Å². The number of aryl methyl sites for hydroxylation is 2. The van der Waals surface area contributed by atoms with Gasteiger partial charge in [0.15, 0.2) is 11.6 Å². The molecule has 0 bridgehead atoms. The standard InChI is InChI=1S/C29H28F4N6O/c1-3-16-6-5-7-17(4-2)26(16)39-27(19-8-9-24(40)25(35)20(19)13-34)21-15-38(11-10-23(21)37-39)28-22(30)12-18(14-36-28)29(31,32)33/h5-9,12-14,34,40H,3-4,10-11,15,35H2,1-2H3. The van der Waals surface area contributed by atoms with Crippen molar-refractivity contribution in [2.75, 3.05) is 17.2 Å². The van der Waals surface area contributed by atoms with Gasteiger partial charge >= 0.3 is 6.18 Å². The molecule has 2 aromatic heterocycles. The number of anilines is 2. The van der Waals surface area contributed by atoms with E-state index in [0.717, 1.165) is 41.6 Å². The first-order valence-electron chi connectivity index (χ1n) is 12.9. The molecule has 4 aromatic rings. The van der Waals surface area contributed by atoms with Crippen molar-refractivity contribution < 1.29 is 22.7 Å². The average molecular weight is 553 g/mol. The number of aromatic nitrogens is 3. The van der Waals surface area contributed by atoms with Crippen molar-refractivity contribution in [2.24, 2.45) is 0 Å². The Morgan fingerprint density at radius 2 is 1.82 bits per heavy atom. The van der Waals surface area contributed by atoms with Crippen LogP contribution in [0.1, 0.15) is 47.4 Å². The molecule has 0 radical (unpaired) electrons. The zero-order valence-electron chi connectivity index (χ0n) is 22.0. The van der Waals surface area contributed by atoms with E-state index >= 15 is 0 Å². The maximum atomic E-state index is 14.9. The number of para-hydroxylation sites is 1. The highest BCUT2D eigenvalue weighted by molar-refractivity contribution is 5.97. The van der Waals surface area contributed by atoms with Gasteiger partial charge in [-0.25, -0.2) is 14.1 Å². The number of phenolic OH excluding ortho intramolecular Hbond substituents is 1. The van der Waals surface area contributed by atoms with Gasteiger partial charge in [-0.3, -0.25) is 0 Å². The quantitative estimate of drug-likeness (QED) is 0.117. The summed E-state index contributed by atoms with van der Waals surface area (Å²) in [7, 11) is 0. The summed E-state index contributed by atoms with van der Waals surface area (Å²) >= 11 is 0. The second kappa shape index (κ2) is 10.3. The minimum atomic E-state index is -4.71. The Labute approximate surface area is 228 Å². The van der Waals surface area contributed by atoms with Crippen molar-refractivity contribution in [1.29, 1.82) is 5.41 Å². The summed E-state index contributed by atoms with van der Waals surface area (Å²) in [5.41, 5.74) is 11.0. The highest BCUT2D eigenvalue weighted by Gasteiger charge is 2.34. The summed E-state index contributed by atoms with van der Waals surface area (Å²) in [4.78, 5) is 5.43. The molecule has 0 saturated carbocycles. The number of benzene rings is 2. The van der Waals surface area contributed by atoms with Crippen molar-refractivity contribution in [3.05, 3.63) is 81.9 Å². The van der Waals surface area contributed by atoms with Crippen molar-refractivity contribution in [3.63, 3.8) is 0 Å². The van der Waals surface area contributed by atoms with Gasteiger partial charge in [-0.1, -0.05) is 32.0 Å². The lowest BCUT2D eigenvalue weighted by Gasteiger charge is -2.28. The molecule has 0 spiro atoms. The molecular weight excluding hydrogens is 524 g/mol. The van der Waals surface area contributed by atoms with Crippen molar-refractivity contribution in [2.45, 2.75) is 45.8 Å². The van der Waals surface area contributed by atoms with Gasteiger partial charge in [0.2, 0.25) is 0 Å². The molecule has 0 fully saturated rings. The predicted octanol–water partition coefficient (Wildman–Crippen LogP) is 6.07. The normalized spacial score (nSPS) is 13.4. The maximum Gasteiger partial charge on any atom is 0.417 e. The van der Waals surface area contributed by atoms with E-state index in [0.29, 0.717) is 47.6 Å². The maximum absolute atomic E-state index is 14.9. The van der Waals surface area contributed by atoms with Gasteiger partial charge in [0.1, 0.15) is 5.75 Å². The highest BCUT2D eigenvalue weighted by atomic mass is 19.4. The lowest BCUT2D eigenvalue weighted by atomic mass is 9.95. The number of rotatable bonds is 6. The molecule has 0 saturated heterocycles. The van der Waals surface area contributed by atoms with Crippen LogP contribution in [0.15, 0.2) is 42.6 Å². The van der Waals surface area contributed by atoms with Crippen LogP contribution >= 0.6 is 0 Å². The Morgan fingerprint density at radius 1 is 1.12 bits per heavy atom. The van der Waals surface area contributed by atoms with Crippen LogP contribution in [0.4, 0.5) is 29.1 Å². The first-order valence-corrected chi connectivity index (χ1v) is 12.9. The van der Waals surface area contributed by atoms with E-state index < -0.39 is 17.6 Å². The number of alkyl halides is 3. The van der Waals surface area contributed by atoms with Gasteiger partial charge in [-0.2, -0.15) is 18.3 Å². The van der Waals surface area contributed by atoms with Crippen LogP contribution in [0, 0.1) is 11.2 Å². The lowest BCUT2D eigenvalue weighted by Crippen LogP contribution is -2.32. The van der Waals surface area contributed by atoms with Crippen molar-refractivity contribution in [1.82, 2.24) is 14.8 Å². The molecule has 208 valence electrons. The van der Waals surface area contributed by atoms with Crippen LogP contribution in [0.25, 0.3) is 16.9 Å². The molecule has 2 aromatic carbocycles. The van der Waals surface area contributed by atoms with E-state index in [1.807, 2.05) is 36.7 Å². The minimum absolute atomic E-state index is 0.0385. The molecule has 1 aliphatic heterocycles. The Kier molecular flexibility index (Phi) is 6.99. The smallest absolute Gasteiger partial charge is 0.417 e. The van der Waals surface area contributed by atoms with Crippen LogP contribution in [0.3, 0.4) is 0 Å². The van der Waals surface area contributed by atoms with E-state index in [2.05, 4.69) is 4.98 Å². The van der Waals surface area contributed by atoms with Crippen LogP contribution in [0.5, 0.6) is 5.75 Å². The second-order valence-corrected chi connectivity index (χ2v) is 9.62. The summed E-state index contributed by atoms with van der Waals surface area (Å²) in [6, 6.07) is 9.61. The second-order valence-electron chi connectivity index (χ2n) is 9.62. The van der Waals surface area contributed by atoms with Crippen molar-refractivity contribution >= 4 is 17.7 Å². The number of nitrogen functional groups attached to an aromatic ring is 1. The molecular formula is C29H28F4N6O. The number of phenols is 1. The number of hydrogen-bond donors (Lipinski definition) is 3. The Hall–Kier alpha value is -4.41. The van der Waals surface area contributed by atoms with E-state index in [9.17, 15) is 22.7 Å². The number of nitrogens with one attached hydrogen (secondary N) is 1. The number of hydrogen-bond acceptors (Lipinski definition) is 6. The summed E-state index contributed by atoms with van der Waals surface area (Å²) in [5.74, 6) is -1.41. The first kappa shape index (κ1) is 27.2. The fraction of sp³-hybridized carbons (Fsp3) is 0.276. The van der Waals surface area contributed by atoms with E-state index in [4.69, 9.17) is 16.2 Å². The fourth-order valence-corrected chi connectivity index (χ4v) is 5.29. The molecule has 5 rings (SSSR count). The average Bonchev–Trinajstić information content (AvgIpc) is 3.31. The molecule has 3 heterocycles. The van der Waals surface area contributed by atoms with E-state index in [1.165, 1.54) is 6.07 Å². The monoisotopic (exact) mass is 552 g/mol. The number of fused-ring (bicyclic) bond motifs is 1. The molecule has 4 N–H and O–H groups in total. The number of pyridine rings is 1. The predicted molar refractivity (Wildman–Crippen MR) is 146 cm³/mol. The minimum Gasteiger partial charge on any atom is -0.506 e. The summed E-state index contributed by atoms with van der Waals surface area (Å²) in [6.07, 6.45) is -1.15. The largest absolute Gasteiger partial charge is 0.506 e. The molecule has 0 unspecified atom stereocenters. The molecule has 40 heavy (non-hydrogen) atoms. The third-order valence-electron chi connectivity index (χ3n) is 7.32. The molecule has 1 aliphatic rings. The third kappa shape index (κ3) is 4.55. The van der Waals surface area contributed by atoms with E-state index in [-0.39, 0.29) is 23.8 Å². The number of nitrogens with two attached hydrogens (primary N) is 1. The lowest BCUT2D eigenvalue weighted by molar-refractivity contribution is -0.138. The van der Waals surface area contributed by atoms with E-state index in [1.54, 1.807) is 11.0 Å². The first-order chi connectivity index (χ1) is 19.1.